The van der Waals surface area contributed by atoms with Crippen LogP contribution in [-0.2, 0) is 17.7 Å². The summed E-state index contributed by atoms with van der Waals surface area (Å²) in [6.07, 6.45) is 0.569. The van der Waals surface area contributed by atoms with Crippen LogP contribution in [-0.4, -0.2) is 28.4 Å². The van der Waals surface area contributed by atoms with Crippen LogP contribution in [0.3, 0.4) is 0 Å². The Bertz CT molecular complexity index is 1120. The van der Waals surface area contributed by atoms with Gasteiger partial charge in [-0.15, -0.1) is 0 Å². The maximum absolute atomic E-state index is 14.0. The Balaban J connectivity index is 1.93. The summed E-state index contributed by atoms with van der Waals surface area (Å²) < 4.78 is 27.0. The van der Waals surface area contributed by atoms with Gasteiger partial charge in [-0.3, -0.25) is 0 Å². The van der Waals surface area contributed by atoms with E-state index in [1.165, 1.54) is 12.1 Å². The number of rotatable bonds is 5. The fraction of sp³-hybridized carbons (Fsp3) is 0.292. The van der Waals surface area contributed by atoms with Crippen molar-refractivity contribution in [2.75, 3.05) is 6.61 Å². The van der Waals surface area contributed by atoms with Crippen molar-refractivity contribution in [3.63, 3.8) is 0 Å². The minimum Gasteiger partial charge on any atom is -0.504 e. The number of fused-ring (bicyclic) bond motifs is 3. The third-order valence-electron chi connectivity index (χ3n) is 5.12. The monoisotopic (exact) mass is 409 g/mol. The van der Waals surface area contributed by atoms with Gasteiger partial charge in [0, 0.05) is 23.4 Å². The first-order chi connectivity index (χ1) is 14.4. The third-order valence-corrected chi connectivity index (χ3v) is 5.12. The molecule has 0 bridgehead atoms. The lowest BCUT2D eigenvalue weighted by Crippen LogP contribution is -2.13. The summed E-state index contributed by atoms with van der Waals surface area (Å²) in [4.78, 5) is 12.7. The van der Waals surface area contributed by atoms with Gasteiger partial charge in [0.25, 0.3) is 0 Å². The predicted molar refractivity (Wildman–Crippen MR) is 112 cm³/mol. The average Bonchev–Trinajstić information content (AvgIpc) is 3.08. The number of carbonyl (C=O) groups is 1. The molecule has 6 heteroatoms. The van der Waals surface area contributed by atoms with Crippen LogP contribution >= 0.6 is 0 Å². The molecule has 5 nitrogen and oxygen atoms in total. The van der Waals surface area contributed by atoms with Crippen LogP contribution in [0.4, 0.5) is 4.39 Å². The lowest BCUT2D eigenvalue weighted by Gasteiger charge is -2.23. The molecule has 0 spiro atoms. The quantitative estimate of drug-likeness (QED) is 0.590. The molecule has 1 N–H and O–H groups in total. The summed E-state index contributed by atoms with van der Waals surface area (Å²) in [5, 5.41) is 10.3. The van der Waals surface area contributed by atoms with Crippen molar-refractivity contribution in [2.45, 2.75) is 39.8 Å². The van der Waals surface area contributed by atoms with E-state index >= 15 is 0 Å². The van der Waals surface area contributed by atoms with E-state index in [-0.39, 0.29) is 24.3 Å². The van der Waals surface area contributed by atoms with Crippen LogP contribution in [0.1, 0.15) is 36.7 Å². The van der Waals surface area contributed by atoms with Gasteiger partial charge in [-0.2, -0.15) is 0 Å². The molecule has 0 aliphatic carbocycles. The average molecular weight is 409 g/mol. The Morgan fingerprint density at radius 3 is 2.73 bits per heavy atom. The Morgan fingerprint density at radius 1 is 1.23 bits per heavy atom. The van der Waals surface area contributed by atoms with Crippen LogP contribution in [0.25, 0.3) is 22.5 Å². The number of aryl methyl sites for hydroxylation is 1. The maximum Gasteiger partial charge on any atom is 0.340 e. The summed E-state index contributed by atoms with van der Waals surface area (Å²) in [5.41, 5.74) is 4.30. The van der Waals surface area contributed by atoms with E-state index < -0.39 is 5.97 Å². The van der Waals surface area contributed by atoms with Crippen LogP contribution < -0.4 is 4.74 Å². The molecule has 156 valence electrons. The molecule has 4 rings (SSSR count). The zero-order valence-electron chi connectivity index (χ0n) is 17.2. The minimum absolute atomic E-state index is 0.0951. The van der Waals surface area contributed by atoms with Gasteiger partial charge in [-0.1, -0.05) is 12.1 Å². The Hall–Kier alpha value is -3.28. The number of ether oxygens (including phenoxy) is 2. The van der Waals surface area contributed by atoms with Crippen LogP contribution in [0, 0.1) is 5.82 Å². The van der Waals surface area contributed by atoms with E-state index in [1.807, 2.05) is 18.4 Å². The number of nitrogens with zero attached hydrogens (tertiary/aromatic N) is 1. The topological polar surface area (TPSA) is 60.7 Å². The molecule has 0 amide bonds. The second-order valence-corrected chi connectivity index (χ2v) is 7.57. The van der Waals surface area contributed by atoms with E-state index in [2.05, 4.69) is 0 Å². The lowest BCUT2D eigenvalue weighted by molar-refractivity contribution is 0.0527. The standard InChI is InChI=1S/C24H24FNO4/c1-4-29-24(28)19-12-20-18-13-22(30-14(2)3)21(27)11-15(18)8-9-26(20)23(19)16-6-5-7-17(25)10-16/h5-7,10-14,27H,4,8-9H2,1-3H3. The molecule has 0 atom stereocenters. The van der Waals surface area contributed by atoms with E-state index in [1.54, 1.807) is 37.3 Å². The number of aromatic nitrogens is 1. The lowest BCUT2D eigenvalue weighted by atomic mass is 9.97. The van der Waals surface area contributed by atoms with Gasteiger partial charge < -0.3 is 19.1 Å². The minimum atomic E-state index is -0.447. The zero-order valence-corrected chi connectivity index (χ0v) is 17.2. The van der Waals surface area contributed by atoms with Gasteiger partial charge in [-0.25, -0.2) is 9.18 Å². The number of benzene rings is 2. The fourth-order valence-corrected chi connectivity index (χ4v) is 3.95. The van der Waals surface area contributed by atoms with E-state index in [0.29, 0.717) is 35.5 Å². The first-order valence-electron chi connectivity index (χ1n) is 10.1. The van der Waals surface area contributed by atoms with Crippen molar-refractivity contribution in [2.24, 2.45) is 0 Å². The number of carbonyl (C=O) groups excluding carboxylic acids is 1. The highest BCUT2D eigenvalue weighted by atomic mass is 19.1. The number of halogens is 1. The predicted octanol–water partition coefficient (Wildman–Crippen LogP) is 5.19. The van der Waals surface area contributed by atoms with Crippen molar-refractivity contribution >= 4 is 5.97 Å². The third kappa shape index (κ3) is 3.54. The Kier molecular flexibility index (Phi) is 5.24. The van der Waals surface area contributed by atoms with E-state index in [9.17, 15) is 14.3 Å². The first-order valence-corrected chi connectivity index (χ1v) is 10.1. The number of hydrogen-bond acceptors (Lipinski definition) is 4. The molecule has 1 aromatic heterocycles. The maximum atomic E-state index is 14.0. The van der Waals surface area contributed by atoms with Gasteiger partial charge >= 0.3 is 5.97 Å². The fourth-order valence-electron chi connectivity index (χ4n) is 3.95. The SMILES string of the molecule is CCOC(=O)c1cc2n(c1-c1cccc(F)c1)CCc1cc(O)c(OC(C)C)cc1-2. The second kappa shape index (κ2) is 7.86. The summed E-state index contributed by atoms with van der Waals surface area (Å²) in [6, 6.07) is 11.5. The van der Waals surface area contributed by atoms with Crippen LogP contribution in [0.2, 0.25) is 0 Å². The second-order valence-electron chi connectivity index (χ2n) is 7.57. The number of esters is 1. The van der Waals surface area contributed by atoms with Crippen molar-refractivity contribution in [3.05, 3.63) is 59.4 Å². The Labute approximate surface area is 174 Å². The summed E-state index contributed by atoms with van der Waals surface area (Å²) >= 11 is 0. The van der Waals surface area contributed by atoms with Crippen molar-refractivity contribution in [1.29, 1.82) is 0 Å². The highest BCUT2D eigenvalue weighted by Crippen LogP contribution is 2.42. The van der Waals surface area contributed by atoms with Crippen molar-refractivity contribution < 1.29 is 23.8 Å². The molecule has 0 saturated heterocycles. The molecule has 0 radical (unpaired) electrons. The summed E-state index contributed by atoms with van der Waals surface area (Å²) in [5.74, 6) is -0.328. The summed E-state index contributed by atoms with van der Waals surface area (Å²) in [7, 11) is 0. The van der Waals surface area contributed by atoms with Gasteiger partial charge in [0.15, 0.2) is 11.5 Å². The number of aromatic hydroxyl groups is 1. The van der Waals surface area contributed by atoms with E-state index in [0.717, 1.165) is 16.8 Å². The molecule has 3 aromatic rings. The smallest absolute Gasteiger partial charge is 0.340 e. The molecule has 1 aliphatic rings. The molecule has 0 unspecified atom stereocenters. The van der Waals surface area contributed by atoms with Gasteiger partial charge in [0.05, 0.1) is 24.0 Å². The first kappa shape index (κ1) is 20.0. The highest BCUT2D eigenvalue weighted by Gasteiger charge is 2.28. The molecule has 2 heterocycles. The molecule has 0 fully saturated rings. The van der Waals surface area contributed by atoms with Gasteiger partial charge in [0.2, 0.25) is 0 Å². The number of phenolic OH excluding ortho intramolecular Hbond substituents is 1. The van der Waals surface area contributed by atoms with Crippen LogP contribution in [0.15, 0.2) is 42.5 Å². The zero-order chi connectivity index (χ0) is 21.4. The normalized spacial score (nSPS) is 12.4. The Morgan fingerprint density at radius 2 is 2.03 bits per heavy atom. The van der Waals surface area contributed by atoms with Crippen LogP contribution in [0.5, 0.6) is 11.5 Å². The molecular weight excluding hydrogens is 385 g/mol. The van der Waals surface area contributed by atoms with Crippen molar-refractivity contribution in [1.82, 2.24) is 4.57 Å². The summed E-state index contributed by atoms with van der Waals surface area (Å²) in [6.45, 7) is 6.38. The molecular formula is C24H24FNO4. The largest absolute Gasteiger partial charge is 0.504 e. The number of phenols is 1. The molecule has 2 aromatic carbocycles. The molecule has 0 saturated carbocycles. The van der Waals surface area contributed by atoms with Crippen molar-refractivity contribution in [3.8, 4) is 34.0 Å². The van der Waals surface area contributed by atoms with E-state index in [4.69, 9.17) is 9.47 Å². The van der Waals surface area contributed by atoms with Gasteiger partial charge in [-0.05, 0) is 63.1 Å². The van der Waals surface area contributed by atoms with Gasteiger partial charge in [0.1, 0.15) is 5.82 Å². The molecule has 30 heavy (non-hydrogen) atoms. The molecule has 1 aliphatic heterocycles. The number of hydrogen-bond donors (Lipinski definition) is 1. The highest BCUT2D eigenvalue weighted by molar-refractivity contribution is 5.99.